The van der Waals surface area contributed by atoms with Gasteiger partial charge in [0, 0.05) is 0 Å². The molecule has 0 radical (unpaired) electrons. The van der Waals surface area contributed by atoms with Crippen LogP contribution in [0.2, 0.25) is 0 Å². The van der Waals surface area contributed by atoms with Crippen molar-refractivity contribution in [2.24, 2.45) is 0 Å². The van der Waals surface area contributed by atoms with Crippen molar-refractivity contribution in [2.75, 3.05) is 6.61 Å². The predicted octanol–water partition coefficient (Wildman–Crippen LogP) is -0.520. The number of aliphatic hydroxyl groups is 1. The van der Waals surface area contributed by atoms with Crippen LogP contribution in [0, 0.1) is 0 Å². The Morgan fingerprint density at radius 2 is 2.00 bits per heavy atom. The van der Waals surface area contributed by atoms with Gasteiger partial charge in [-0.1, -0.05) is 0 Å². The Labute approximate surface area is 69.6 Å². The van der Waals surface area contributed by atoms with Gasteiger partial charge in [-0.25, -0.2) is 0 Å². The standard InChI is InChI=1S/C8H11AsO/c9-8-4-2-1-3-7(8)5-6-10/h1-4,10H,5-6,9H2. The molecule has 1 atom stereocenters. The van der Waals surface area contributed by atoms with Gasteiger partial charge in [0.25, 0.3) is 0 Å². The van der Waals surface area contributed by atoms with E-state index in [4.69, 9.17) is 5.11 Å². The van der Waals surface area contributed by atoms with Gasteiger partial charge in [-0.3, -0.25) is 0 Å². The molecule has 10 heavy (non-hydrogen) atoms. The third-order valence-corrected chi connectivity index (χ3v) is 2.62. The molecule has 0 aromatic heterocycles. The second-order valence-electron chi connectivity index (χ2n) is 2.17. The maximum absolute atomic E-state index is 8.65. The van der Waals surface area contributed by atoms with Gasteiger partial charge in [0.15, 0.2) is 0 Å². The van der Waals surface area contributed by atoms with E-state index in [2.05, 4.69) is 12.1 Å². The van der Waals surface area contributed by atoms with Crippen LogP contribution in [0.4, 0.5) is 0 Å². The Kier molecular flexibility index (Phi) is 2.98. The molecule has 0 spiro atoms. The van der Waals surface area contributed by atoms with Crippen LogP contribution in [-0.4, -0.2) is 28.6 Å². The molecule has 1 rings (SSSR count). The van der Waals surface area contributed by atoms with E-state index in [0.29, 0.717) is 0 Å². The number of rotatable bonds is 2. The molecule has 1 aromatic carbocycles. The molecule has 1 unspecified atom stereocenters. The second kappa shape index (κ2) is 3.80. The van der Waals surface area contributed by atoms with Gasteiger partial charge in [-0.05, 0) is 0 Å². The van der Waals surface area contributed by atoms with Crippen molar-refractivity contribution in [1.82, 2.24) is 0 Å². The van der Waals surface area contributed by atoms with Crippen molar-refractivity contribution < 1.29 is 5.11 Å². The van der Waals surface area contributed by atoms with E-state index < -0.39 is 0 Å². The summed E-state index contributed by atoms with van der Waals surface area (Å²) in [5, 5.41) is 8.65. The summed E-state index contributed by atoms with van der Waals surface area (Å²) in [4.78, 5) is 0. The van der Waals surface area contributed by atoms with Crippen LogP contribution in [0.1, 0.15) is 5.56 Å². The van der Waals surface area contributed by atoms with Crippen LogP contribution in [0.5, 0.6) is 0 Å². The molecule has 0 heterocycles. The minimum absolute atomic E-state index is 0.251. The first kappa shape index (κ1) is 7.84. The topological polar surface area (TPSA) is 20.2 Å². The Bertz CT molecular complexity index is 210. The summed E-state index contributed by atoms with van der Waals surface area (Å²) in [5.74, 6) is 0. The van der Waals surface area contributed by atoms with Crippen molar-refractivity contribution >= 4 is 21.2 Å². The Morgan fingerprint density at radius 3 is 2.60 bits per heavy atom. The van der Waals surface area contributed by atoms with E-state index in [-0.39, 0.29) is 6.61 Å². The molecule has 54 valence electrons. The van der Waals surface area contributed by atoms with Crippen molar-refractivity contribution in [1.29, 1.82) is 0 Å². The summed E-state index contributed by atoms with van der Waals surface area (Å²) in [6.07, 6.45) is 0.786. The van der Waals surface area contributed by atoms with E-state index in [1.807, 2.05) is 12.1 Å². The molecule has 0 saturated heterocycles. The quantitative estimate of drug-likeness (QED) is 0.634. The average Bonchev–Trinajstić information content (AvgIpc) is 1.94. The molecule has 0 amide bonds. The maximum atomic E-state index is 8.65. The molecule has 2 heteroatoms. The van der Waals surface area contributed by atoms with Crippen LogP contribution in [0.3, 0.4) is 0 Å². The summed E-state index contributed by atoms with van der Waals surface area (Å²) in [5.41, 5.74) is 1.27. The zero-order valence-corrected chi connectivity index (χ0v) is 8.17. The van der Waals surface area contributed by atoms with E-state index in [1.54, 1.807) is 16.9 Å². The molecule has 1 N–H and O–H groups in total. The predicted molar refractivity (Wildman–Crippen MR) is 45.4 cm³/mol. The first-order valence-corrected chi connectivity index (χ1v) is 4.50. The SMILES string of the molecule is OCCc1ccccc1[AsH2]. The van der Waals surface area contributed by atoms with Gasteiger partial charge < -0.3 is 0 Å². The molecule has 0 aliphatic carbocycles. The van der Waals surface area contributed by atoms with Crippen LogP contribution in [0.25, 0.3) is 0 Å². The molecule has 0 bridgehead atoms. The van der Waals surface area contributed by atoms with Crippen LogP contribution in [-0.2, 0) is 6.42 Å². The van der Waals surface area contributed by atoms with Gasteiger partial charge in [-0.2, -0.15) is 0 Å². The van der Waals surface area contributed by atoms with Crippen molar-refractivity contribution in [2.45, 2.75) is 6.42 Å². The third-order valence-electron chi connectivity index (χ3n) is 1.44. The molecular formula is C8H11AsO. The number of benzene rings is 1. The van der Waals surface area contributed by atoms with E-state index in [9.17, 15) is 0 Å². The Morgan fingerprint density at radius 1 is 1.30 bits per heavy atom. The number of hydrogen-bond acceptors (Lipinski definition) is 1. The van der Waals surface area contributed by atoms with Crippen molar-refractivity contribution in [3.63, 3.8) is 0 Å². The zero-order chi connectivity index (χ0) is 7.40. The van der Waals surface area contributed by atoms with Crippen LogP contribution < -0.4 is 4.35 Å². The van der Waals surface area contributed by atoms with Crippen LogP contribution in [0.15, 0.2) is 24.3 Å². The Balaban J connectivity index is 2.81. The molecular weight excluding hydrogens is 187 g/mol. The fourth-order valence-corrected chi connectivity index (χ4v) is 1.62. The summed E-state index contributed by atoms with van der Waals surface area (Å²) in [6.45, 7) is 0.251. The average molecular weight is 198 g/mol. The number of hydrogen-bond donors (Lipinski definition) is 1. The van der Waals surface area contributed by atoms with E-state index in [0.717, 1.165) is 6.42 Å². The monoisotopic (exact) mass is 198 g/mol. The summed E-state index contributed by atoms with van der Waals surface area (Å²) >= 11 is 1.62. The van der Waals surface area contributed by atoms with Crippen molar-refractivity contribution in [3.8, 4) is 0 Å². The first-order chi connectivity index (χ1) is 4.84. The number of aliphatic hydroxyl groups excluding tert-OH is 1. The fourth-order valence-electron chi connectivity index (χ4n) is 0.882. The normalized spacial score (nSPS) is 9.80. The van der Waals surface area contributed by atoms with Crippen LogP contribution >= 0.6 is 0 Å². The van der Waals surface area contributed by atoms with Crippen molar-refractivity contribution in [3.05, 3.63) is 29.8 Å². The van der Waals surface area contributed by atoms with E-state index >= 15 is 0 Å². The van der Waals surface area contributed by atoms with Gasteiger partial charge in [0.1, 0.15) is 0 Å². The fraction of sp³-hybridized carbons (Fsp3) is 0.250. The Hall–Kier alpha value is -0.262. The summed E-state index contributed by atoms with van der Waals surface area (Å²) < 4.78 is 1.32. The minimum atomic E-state index is 0.251. The first-order valence-electron chi connectivity index (χ1n) is 3.29. The molecule has 0 aliphatic heterocycles. The van der Waals surface area contributed by atoms with Gasteiger partial charge >= 0.3 is 69.2 Å². The summed E-state index contributed by atoms with van der Waals surface area (Å²) in [6, 6.07) is 8.18. The molecule has 0 saturated carbocycles. The molecule has 0 aliphatic rings. The van der Waals surface area contributed by atoms with E-state index in [1.165, 1.54) is 9.91 Å². The summed E-state index contributed by atoms with van der Waals surface area (Å²) in [7, 11) is 0. The third kappa shape index (κ3) is 1.86. The zero-order valence-electron chi connectivity index (χ0n) is 5.75. The van der Waals surface area contributed by atoms with Gasteiger partial charge in [-0.15, -0.1) is 0 Å². The molecule has 1 nitrogen and oxygen atoms in total. The molecule has 0 fully saturated rings. The molecule has 1 aromatic rings. The van der Waals surface area contributed by atoms with Gasteiger partial charge in [0.05, 0.1) is 0 Å². The van der Waals surface area contributed by atoms with Gasteiger partial charge in [0.2, 0.25) is 0 Å². The second-order valence-corrected chi connectivity index (χ2v) is 3.48.